The highest BCUT2D eigenvalue weighted by atomic mass is 32.1. The van der Waals surface area contributed by atoms with E-state index in [0.717, 1.165) is 5.70 Å². The molecule has 0 bridgehead atoms. The maximum absolute atomic E-state index is 4.54. The summed E-state index contributed by atoms with van der Waals surface area (Å²) in [5.41, 5.74) is 2.49. The molecule has 0 rings (SSSR count). The molecule has 0 aromatic rings. The van der Waals surface area contributed by atoms with Crippen molar-refractivity contribution in [3.63, 3.8) is 0 Å². The van der Waals surface area contributed by atoms with E-state index in [1.165, 1.54) is 5.49 Å². The van der Waals surface area contributed by atoms with Gasteiger partial charge in [0.2, 0.25) is 0 Å². The van der Waals surface area contributed by atoms with E-state index in [1.807, 2.05) is 20.2 Å². The number of hydrogen-bond donors (Lipinski definition) is 2. The molecular formula is C5H10N2S. The largest absolute Gasteiger partial charge is 0.393 e. The summed E-state index contributed by atoms with van der Waals surface area (Å²) >= 11 is 4.54. The Balaban J connectivity index is 3.44. The van der Waals surface area contributed by atoms with E-state index in [2.05, 4.69) is 22.9 Å². The van der Waals surface area contributed by atoms with Crippen LogP contribution in [0.5, 0.6) is 0 Å². The van der Waals surface area contributed by atoms with Gasteiger partial charge in [-0.25, -0.2) is 0 Å². The van der Waals surface area contributed by atoms with Gasteiger partial charge in [0, 0.05) is 18.9 Å². The first-order valence-corrected chi connectivity index (χ1v) is 2.82. The lowest BCUT2D eigenvalue weighted by molar-refractivity contribution is 1.03. The molecule has 0 unspecified atom stereocenters. The third kappa shape index (κ3) is 3.61. The molecule has 3 heteroatoms. The topological polar surface area (TPSA) is 24.1 Å². The van der Waals surface area contributed by atoms with E-state index < -0.39 is 0 Å². The number of thiocarbonyl (C=S) groups is 1. The SMILES string of the molecule is CN/C=C(/C)NC=S. The first-order chi connectivity index (χ1) is 3.81. The van der Waals surface area contributed by atoms with Crippen LogP contribution in [0.15, 0.2) is 11.9 Å². The highest BCUT2D eigenvalue weighted by Crippen LogP contribution is 1.77. The fraction of sp³-hybridized carbons (Fsp3) is 0.400. The molecule has 0 atom stereocenters. The van der Waals surface area contributed by atoms with E-state index in [-0.39, 0.29) is 0 Å². The van der Waals surface area contributed by atoms with Crippen LogP contribution in [0.3, 0.4) is 0 Å². The Morgan fingerprint density at radius 2 is 2.25 bits per heavy atom. The van der Waals surface area contributed by atoms with Crippen LogP contribution < -0.4 is 10.6 Å². The van der Waals surface area contributed by atoms with Crippen molar-refractivity contribution in [3.8, 4) is 0 Å². The van der Waals surface area contributed by atoms with Crippen molar-refractivity contribution in [2.75, 3.05) is 7.05 Å². The minimum Gasteiger partial charge on any atom is -0.393 e. The molecule has 46 valence electrons. The minimum atomic E-state index is 1.02. The minimum absolute atomic E-state index is 1.02. The molecule has 2 nitrogen and oxygen atoms in total. The summed E-state index contributed by atoms with van der Waals surface area (Å²) in [4.78, 5) is 0. The molecule has 0 aromatic carbocycles. The van der Waals surface area contributed by atoms with Gasteiger partial charge in [-0.1, -0.05) is 12.2 Å². The first-order valence-electron chi connectivity index (χ1n) is 2.35. The van der Waals surface area contributed by atoms with E-state index in [1.54, 1.807) is 0 Å². The third-order valence-electron chi connectivity index (χ3n) is 0.647. The summed E-state index contributed by atoms with van der Waals surface area (Å²) in [7, 11) is 1.84. The van der Waals surface area contributed by atoms with Gasteiger partial charge in [-0.2, -0.15) is 0 Å². The Labute approximate surface area is 55.0 Å². The summed E-state index contributed by atoms with van der Waals surface area (Å²) in [6, 6.07) is 0. The molecule has 0 amide bonds. The van der Waals surface area contributed by atoms with Crippen LogP contribution in [0.25, 0.3) is 0 Å². The number of rotatable bonds is 3. The zero-order valence-electron chi connectivity index (χ0n) is 5.06. The van der Waals surface area contributed by atoms with Gasteiger partial charge in [0.05, 0.1) is 5.49 Å². The van der Waals surface area contributed by atoms with Gasteiger partial charge in [0.1, 0.15) is 0 Å². The molecule has 0 radical (unpaired) electrons. The maximum Gasteiger partial charge on any atom is 0.0656 e. The Bertz CT molecular complexity index is 98.6. The van der Waals surface area contributed by atoms with Gasteiger partial charge in [-0.3, -0.25) is 0 Å². The van der Waals surface area contributed by atoms with Gasteiger partial charge in [0.25, 0.3) is 0 Å². The van der Waals surface area contributed by atoms with E-state index >= 15 is 0 Å². The molecule has 0 spiro atoms. The molecule has 0 heterocycles. The van der Waals surface area contributed by atoms with Crippen molar-refractivity contribution in [3.05, 3.63) is 11.9 Å². The van der Waals surface area contributed by atoms with Crippen LogP contribution in [0.1, 0.15) is 6.92 Å². The standard InChI is InChI=1S/C5H10N2S/c1-5(3-6-2)7-4-8/h3-4,6H,1-2H3,(H,7,8)/b5-3-. The molecule has 0 aliphatic rings. The monoisotopic (exact) mass is 130 g/mol. The average Bonchev–Trinajstić information content (AvgIpc) is 1.68. The number of hydrogen-bond acceptors (Lipinski definition) is 2. The van der Waals surface area contributed by atoms with Crippen molar-refractivity contribution >= 4 is 17.7 Å². The van der Waals surface area contributed by atoms with E-state index in [4.69, 9.17) is 0 Å². The molecule has 0 aliphatic carbocycles. The summed E-state index contributed by atoms with van der Waals surface area (Å²) in [6.07, 6.45) is 1.84. The molecule has 0 saturated carbocycles. The Hall–Kier alpha value is -0.570. The molecule has 0 saturated heterocycles. The molecule has 0 fully saturated rings. The third-order valence-corrected chi connectivity index (χ3v) is 0.765. The summed E-state index contributed by atoms with van der Waals surface area (Å²) in [5.74, 6) is 0. The van der Waals surface area contributed by atoms with Crippen LogP contribution in [-0.2, 0) is 0 Å². The second-order valence-corrected chi connectivity index (χ2v) is 1.61. The molecule has 8 heavy (non-hydrogen) atoms. The van der Waals surface area contributed by atoms with Crippen LogP contribution in [-0.4, -0.2) is 12.5 Å². The zero-order valence-corrected chi connectivity index (χ0v) is 5.88. The fourth-order valence-electron chi connectivity index (χ4n) is 0.351. The normalized spacial score (nSPS) is 10.5. The predicted octanol–water partition coefficient (Wildman–Crippen LogP) is 0.614. The van der Waals surface area contributed by atoms with Crippen molar-refractivity contribution < 1.29 is 0 Å². The van der Waals surface area contributed by atoms with Gasteiger partial charge >= 0.3 is 0 Å². The van der Waals surface area contributed by atoms with Crippen molar-refractivity contribution in [1.29, 1.82) is 0 Å². The summed E-state index contributed by atoms with van der Waals surface area (Å²) < 4.78 is 0. The highest BCUT2D eigenvalue weighted by Gasteiger charge is 1.76. The van der Waals surface area contributed by atoms with Gasteiger partial charge in [-0.15, -0.1) is 0 Å². The quantitative estimate of drug-likeness (QED) is 0.547. The smallest absolute Gasteiger partial charge is 0.0656 e. The second kappa shape index (κ2) is 4.59. The van der Waals surface area contributed by atoms with Crippen molar-refractivity contribution in [2.45, 2.75) is 6.92 Å². The molecular weight excluding hydrogens is 120 g/mol. The predicted molar refractivity (Wildman–Crippen MR) is 39.6 cm³/mol. The van der Waals surface area contributed by atoms with Crippen LogP contribution >= 0.6 is 12.2 Å². The summed E-state index contributed by atoms with van der Waals surface area (Å²) in [5, 5.41) is 5.70. The van der Waals surface area contributed by atoms with Crippen LogP contribution in [0, 0.1) is 0 Å². The van der Waals surface area contributed by atoms with Crippen molar-refractivity contribution in [2.24, 2.45) is 0 Å². The first kappa shape index (κ1) is 7.43. The van der Waals surface area contributed by atoms with Crippen LogP contribution in [0.2, 0.25) is 0 Å². The highest BCUT2D eigenvalue weighted by molar-refractivity contribution is 7.78. The summed E-state index contributed by atoms with van der Waals surface area (Å²) in [6.45, 7) is 1.93. The zero-order chi connectivity index (χ0) is 6.41. The number of nitrogens with one attached hydrogen (secondary N) is 2. The number of allylic oxidation sites excluding steroid dienone is 1. The Morgan fingerprint density at radius 3 is 2.62 bits per heavy atom. The van der Waals surface area contributed by atoms with Crippen LogP contribution in [0.4, 0.5) is 0 Å². The Morgan fingerprint density at radius 1 is 1.62 bits per heavy atom. The Kier molecular flexibility index (Phi) is 4.26. The van der Waals surface area contributed by atoms with Gasteiger partial charge in [0.15, 0.2) is 0 Å². The van der Waals surface area contributed by atoms with Crippen molar-refractivity contribution in [1.82, 2.24) is 10.6 Å². The van der Waals surface area contributed by atoms with E-state index in [9.17, 15) is 0 Å². The lowest BCUT2D eigenvalue weighted by Crippen LogP contribution is -2.08. The second-order valence-electron chi connectivity index (χ2n) is 1.38. The molecule has 0 aromatic heterocycles. The maximum atomic E-state index is 4.54. The molecule has 2 N–H and O–H groups in total. The van der Waals surface area contributed by atoms with Gasteiger partial charge in [-0.05, 0) is 6.92 Å². The lowest BCUT2D eigenvalue weighted by atomic mass is 10.5. The average molecular weight is 130 g/mol. The molecule has 0 aliphatic heterocycles. The fourth-order valence-corrected chi connectivity index (χ4v) is 0.537. The van der Waals surface area contributed by atoms with Gasteiger partial charge < -0.3 is 10.6 Å². The lowest BCUT2D eigenvalue weighted by Gasteiger charge is -1.95. The van der Waals surface area contributed by atoms with E-state index in [0.29, 0.717) is 0 Å².